The molecule has 15 heavy (non-hydrogen) atoms. The summed E-state index contributed by atoms with van der Waals surface area (Å²) in [4.78, 5) is 12.4. The lowest BCUT2D eigenvalue weighted by Crippen LogP contribution is -1.95. The topological polar surface area (TPSA) is 64.7 Å². The fourth-order valence-electron chi connectivity index (χ4n) is 1.65. The number of nitrogens with two attached hydrogens (primary N) is 1. The van der Waals surface area contributed by atoms with Crippen LogP contribution in [-0.2, 0) is 0 Å². The highest BCUT2D eigenvalue weighted by molar-refractivity contribution is 6.07. The zero-order valence-electron chi connectivity index (χ0n) is 7.81. The summed E-state index contributed by atoms with van der Waals surface area (Å²) in [5.74, 6) is 0.436. The third-order valence-electron chi connectivity index (χ3n) is 2.33. The number of nitrogen functional groups attached to an aromatic ring is 1. The molecule has 0 fully saturated rings. The van der Waals surface area contributed by atoms with Crippen molar-refractivity contribution in [2.24, 2.45) is 0 Å². The first-order valence-electron chi connectivity index (χ1n) is 4.51. The Hall–Kier alpha value is -2.23. The first-order chi connectivity index (χ1) is 7.36. The van der Waals surface area contributed by atoms with E-state index in [0.29, 0.717) is 11.3 Å². The van der Waals surface area contributed by atoms with Crippen LogP contribution in [0, 0.1) is 6.07 Å². The predicted octanol–water partition coefficient (Wildman–Crippen LogP) is 1.56. The summed E-state index contributed by atoms with van der Waals surface area (Å²) in [5, 5.41) is 1.89. The molecule has 1 aromatic carbocycles. The van der Waals surface area contributed by atoms with Crippen LogP contribution in [0.25, 0.3) is 21.8 Å². The molecule has 0 saturated carbocycles. The molecule has 0 spiro atoms. The minimum Gasteiger partial charge on any atom is -0.382 e. The van der Waals surface area contributed by atoms with Crippen LogP contribution in [0.2, 0.25) is 0 Å². The summed E-state index contributed by atoms with van der Waals surface area (Å²) in [6.45, 7) is 0. The van der Waals surface area contributed by atoms with E-state index in [9.17, 15) is 0 Å². The van der Waals surface area contributed by atoms with E-state index < -0.39 is 0 Å². The highest BCUT2D eigenvalue weighted by Gasteiger charge is 2.05. The Bertz CT molecular complexity index is 648. The zero-order chi connectivity index (χ0) is 10.3. The molecule has 3 aromatic rings. The summed E-state index contributed by atoms with van der Waals surface area (Å²) < 4.78 is 0. The second kappa shape index (κ2) is 2.88. The number of aromatic nitrogens is 3. The van der Waals surface area contributed by atoms with Gasteiger partial charge in [-0.2, -0.15) is 0 Å². The van der Waals surface area contributed by atoms with Gasteiger partial charge in [0.15, 0.2) is 5.82 Å². The largest absolute Gasteiger partial charge is 0.382 e. The minimum absolute atomic E-state index is 0.436. The highest BCUT2D eigenvalue weighted by atomic mass is 14.9. The van der Waals surface area contributed by atoms with E-state index in [1.165, 1.54) is 6.33 Å². The summed E-state index contributed by atoms with van der Waals surface area (Å²) in [7, 11) is 0. The molecule has 71 valence electrons. The minimum atomic E-state index is 0.436. The van der Waals surface area contributed by atoms with Crippen molar-refractivity contribution in [1.29, 1.82) is 0 Å². The molecule has 4 heteroatoms. The summed E-state index contributed by atoms with van der Waals surface area (Å²) >= 11 is 0. The lowest BCUT2D eigenvalue weighted by molar-refractivity contribution is 1.22. The molecule has 2 N–H and O–H groups in total. The van der Waals surface area contributed by atoms with Crippen molar-refractivity contribution in [2.75, 3.05) is 5.73 Å². The molecule has 1 radical (unpaired) electrons. The van der Waals surface area contributed by atoms with Gasteiger partial charge >= 0.3 is 0 Å². The molecule has 0 bridgehead atoms. The molecular formula is C11H7N4. The van der Waals surface area contributed by atoms with Crippen LogP contribution in [0.15, 0.2) is 30.7 Å². The van der Waals surface area contributed by atoms with Crippen molar-refractivity contribution in [3.8, 4) is 0 Å². The Labute approximate surface area is 85.8 Å². The van der Waals surface area contributed by atoms with Gasteiger partial charge in [-0.25, -0.2) is 15.0 Å². The zero-order valence-corrected chi connectivity index (χ0v) is 7.81. The molecule has 0 saturated heterocycles. The van der Waals surface area contributed by atoms with Crippen LogP contribution < -0.4 is 5.73 Å². The Morgan fingerprint density at radius 2 is 2.20 bits per heavy atom. The van der Waals surface area contributed by atoms with E-state index in [4.69, 9.17) is 5.73 Å². The van der Waals surface area contributed by atoms with Gasteiger partial charge in [0.1, 0.15) is 11.8 Å². The lowest BCUT2D eigenvalue weighted by atomic mass is 10.1. The Balaban J connectivity index is 2.64. The monoisotopic (exact) mass is 195 g/mol. The molecule has 2 heterocycles. The van der Waals surface area contributed by atoms with E-state index in [-0.39, 0.29) is 0 Å². The first kappa shape index (κ1) is 8.11. The molecular weight excluding hydrogens is 188 g/mol. The van der Waals surface area contributed by atoms with Crippen LogP contribution in [0.5, 0.6) is 0 Å². The average molecular weight is 195 g/mol. The number of rotatable bonds is 0. The molecule has 0 aliphatic rings. The Kier molecular flexibility index (Phi) is 1.56. The van der Waals surface area contributed by atoms with Crippen LogP contribution in [-0.4, -0.2) is 15.0 Å². The van der Waals surface area contributed by atoms with Gasteiger partial charge in [0.2, 0.25) is 0 Å². The molecule has 2 aromatic heterocycles. The Morgan fingerprint density at radius 3 is 3.13 bits per heavy atom. The number of hydrogen-bond acceptors (Lipinski definition) is 4. The maximum Gasteiger partial charge on any atom is 0.150 e. The predicted molar refractivity (Wildman–Crippen MR) is 58.1 cm³/mol. The number of nitrogens with zero attached hydrogens (tertiary/aromatic N) is 3. The molecule has 0 amide bonds. The second-order valence-corrected chi connectivity index (χ2v) is 3.23. The second-order valence-electron chi connectivity index (χ2n) is 3.23. The van der Waals surface area contributed by atoms with Crippen molar-refractivity contribution in [3.63, 3.8) is 0 Å². The van der Waals surface area contributed by atoms with Crippen molar-refractivity contribution >= 4 is 27.6 Å². The van der Waals surface area contributed by atoms with Crippen molar-refractivity contribution in [3.05, 3.63) is 36.8 Å². The smallest absolute Gasteiger partial charge is 0.150 e. The summed E-state index contributed by atoms with van der Waals surface area (Å²) in [6.07, 6.45) is 3.22. The standard InChI is InChI=1S/C11H7N4/c12-11-10-8(5-13-6-14-10)7-3-1-2-4-9(7)15-11/h2-6H,(H2,12,15). The van der Waals surface area contributed by atoms with Gasteiger partial charge in [-0.1, -0.05) is 6.07 Å². The van der Waals surface area contributed by atoms with Gasteiger partial charge in [0.25, 0.3) is 0 Å². The van der Waals surface area contributed by atoms with E-state index in [2.05, 4.69) is 21.0 Å². The number of pyridine rings is 1. The average Bonchev–Trinajstić information content (AvgIpc) is 2.30. The van der Waals surface area contributed by atoms with Gasteiger partial charge in [-0.3, -0.25) is 0 Å². The van der Waals surface area contributed by atoms with Crippen molar-refractivity contribution in [2.45, 2.75) is 0 Å². The maximum atomic E-state index is 5.81. The van der Waals surface area contributed by atoms with Crippen LogP contribution in [0.4, 0.5) is 5.82 Å². The molecule has 3 rings (SSSR count). The summed E-state index contributed by atoms with van der Waals surface area (Å²) in [5.41, 5.74) is 7.34. The van der Waals surface area contributed by atoms with Crippen LogP contribution in [0.1, 0.15) is 0 Å². The highest BCUT2D eigenvalue weighted by Crippen LogP contribution is 2.24. The van der Waals surface area contributed by atoms with Crippen LogP contribution >= 0.6 is 0 Å². The number of hydrogen-bond donors (Lipinski definition) is 1. The molecule has 0 aliphatic heterocycles. The number of benzene rings is 1. The van der Waals surface area contributed by atoms with Gasteiger partial charge in [0.05, 0.1) is 5.52 Å². The third-order valence-corrected chi connectivity index (χ3v) is 2.33. The number of anilines is 1. The van der Waals surface area contributed by atoms with E-state index in [1.54, 1.807) is 6.20 Å². The molecule has 4 nitrogen and oxygen atoms in total. The van der Waals surface area contributed by atoms with Crippen molar-refractivity contribution in [1.82, 2.24) is 15.0 Å². The van der Waals surface area contributed by atoms with Gasteiger partial charge < -0.3 is 5.73 Å². The summed E-state index contributed by atoms with van der Waals surface area (Å²) in [6, 6.07) is 8.56. The van der Waals surface area contributed by atoms with E-state index in [0.717, 1.165) is 16.3 Å². The molecule has 0 unspecified atom stereocenters. The first-order valence-corrected chi connectivity index (χ1v) is 4.51. The normalized spacial score (nSPS) is 10.9. The van der Waals surface area contributed by atoms with Gasteiger partial charge in [-0.15, -0.1) is 0 Å². The number of fused-ring (bicyclic) bond motifs is 3. The van der Waals surface area contributed by atoms with E-state index >= 15 is 0 Å². The fraction of sp³-hybridized carbons (Fsp3) is 0. The van der Waals surface area contributed by atoms with Gasteiger partial charge in [-0.05, 0) is 18.2 Å². The van der Waals surface area contributed by atoms with Gasteiger partial charge in [0, 0.05) is 17.0 Å². The molecule has 0 atom stereocenters. The third kappa shape index (κ3) is 1.11. The SMILES string of the molecule is Nc1nc2cc[c]cc2c2cncnc12. The quantitative estimate of drug-likeness (QED) is 0.553. The fourth-order valence-corrected chi connectivity index (χ4v) is 1.65. The van der Waals surface area contributed by atoms with Crippen LogP contribution in [0.3, 0.4) is 0 Å². The van der Waals surface area contributed by atoms with E-state index in [1.807, 2.05) is 18.2 Å². The maximum absolute atomic E-state index is 5.81. The van der Waals surface area contributed by atoms with Crippen molar-refractivity contribution < 1.29 is 0 Å². The Morgan fingerprint density at radius 1 is 1.27 bits per heavy atom. The molecule has 0 aliphatic carbocycles. The lowest BCUT2D eigenvalue weighted by Gasteiger charge is -2.03.